The summed E-state index contributed by atoms with van der Waals surface area (Å²) in [6.45, 7) is 0. The van der Waals surface area contributed by atoms with E-state index in [-0.39, 0.29) is 0 Å². The Bertz CT molecular complexity index is 346. The lowest BCUT2D eigenvalue weighted by Gasteiger charge is -1.86. The van der Waals surface area contributed by atoms with Crippen LogP contribution in [-0.4, -0.2) is 9.13 Å². The van der Waals surface area contributed by atoms with Gasteiger partial charge in [0.25, 0.3) is 0 Å². The van der Waals surface area contributed by atoms with Crippen LogP contribution in [0.4, 0.5) is 0 Å². The van der Waals surface area contributed by atoms with Crippen LogP contribution >= 0.6 is 0 Å². The molecule has 0 saturated carbocycles. The first-order valence-corrected chi connectivity index (χ1v) is 3.73. The van der Waals surface area contributed by atoms with Crippen molar-refractivity contribution in [3.05, 3.63) is 49.1 Å². The van der Waals surface area contributed by atoms with E-state index in [1.165, 1.54) is 0 Å². The Balaban J connectivity index is 2.22. The maximum atomic E-state index is 2.96. The summed E-state index contributed by atoms with van der Waals surface area (Å²) in [4.78, 5) is 0. The molecule has 12 heavy (non-hydrogen) atoms. The van der Waals surface area contributed by atoms with Crippen LogP contribution in [-0.2, 0) is 0 Å². The predicted octanol–water partition coefficient (Wildman–Crippen LogP) is 1.60. The van der Waals surface area contributed by atoms with Gasteiger partial charge in [0.15, 0.2) is 0 Å². The van der Waals surface area contributed by atoms with Gasteiger partial charge in [-0.25, -0.2) is 0 Å². The van der Waals surface area contributed by atoms with Crippen LogP contribution in [0.3, 0.4) is 0 Å². The van der Waals surface area contributed by atoms with Crippen LogP contribution in [0.2, 0.25) is 0 Å². The zero-order valence-corrected chi connectivity index (χ0v) is 6.51. The first kappa shape index (κ1) is 6.81. The molecule has 0 aliphatic carbocycles. The normalized spacial score (nSPS) is 9.00. The highest BCUT2D eigenvalue weighted by Crippen LogP contribution is 1.87. The molecule has 58 valence electrons. The summed E-state index contributed by atoms with van der Waals surface area (Å²) < 4.78 is 3.64. The number of rotatable bonds is 0. The molecule has 2 heteroatoms. The summed E-state index contributed by atoms with van der Waals surface area (Å²) in [5, 5.41) is 0. The molecule has 0 fully saturated rings. The van der Waals surface area contributed by atoms with E-state index in [1.54, 1.807) is 0 Å². The molecular weight excluding hydrogens is 148 g/mol. The highest BCUT2D eigenvalue weighted by molar-refractivity contribution is 5.10. The molecule has 0 unspecified atom stereocenters. The summed E-state index contributed by atoms with van der Waals surface area (Å²) in [7, 11) is 0. The lowest BCUT2D eigenvalue weighted by Crippen LogP contribution is -1.85. The largest absolute Gasteiger partial charge is 0.283 e. The zero-order chi connectivity index (χ0) is 8.23. The molecule has 0 spiro atoms. The molecule has 0 saturated heterocycles. The zero-order valence-electron chi connectivity index (χ0n) is 6.51. The van der Waals surface area contributed by atoms with E-state index in [0.717, 1.165) is 0 Å². The summed E-state index contributed by atoms with van der Waals surface area (Å²) in [5.41, 5.74) is 0. The molecule has 2 rings (SSSR count). The van der Waals surface area contributed by atoms with Gasteiger partial charge in [0, 0.05) is 36.9 Å². The van der Waals surface area contributed by atoms with Crippen molar-refractivity contribution in [3.63, 3.8) is 0 Å². The van der Waals surface area contributed by atoms with Crippen molar-refractivity contribution in [1.82, 2.24) is 9.13 Å². The number of hydrogen-bond donors (Lipinski definition) is 0. The van der Waals surface area contributed by atoms with Gasteiger partial charge >= 0.3 is 0 Å². The molecule has 0 N–H and O–H groups in total. The van der Waals surface area contributed by atoms with Crippen LogP contribution < -0.4 is 0 Å². The maximum Gasteiger partial charge on any atom is 0.0402 e. The molecule has 2 heterocycles. The molecular formula is C10H8N2. The van der Waals surface area contributed by atoms with Crippen molar-refractivity contribution in [2.24, 2.45) is 0 Å². The van der Waals surface area contributed by atoms with E-state index in [9.17, 15) is 0 Å². The van der Waals surface area contributed by atoms with Gasteiger partial charge in [-0.2, -0.15) is 0 Å². The molecule has 0 aliphatic rings. The number of nitrogens with zero attached hydrogens (tertiary/aromatic N) is 2. The van der Waals surface area contributed by atoms with Crippen LogP contribution in [0.5, 0.6) is 0 Å². The van der Waals surface area contributed by atoms with Gasteiger partial charge in [0.05, 0.1) is 0 Å². The van der Waals surface area contributed by atoms with Crippen molar-refractivity contribution in [2.75, 3.05) is 0 Å². The number of aromatic nitrogens is 2. The van der Waals surface area contributed by atoms with Crippen molar-refractivity contribution in [3.8, 4) is 12.1 Å². The molecule has 0 radical (unpaired) electrons. The minimum atomic E-state index is 1.82. The van der Waals surface area contributed by atoms with Crippen LogP contribution in [0.25, 0.3) is 0 Å². The molecule has 2 aromatic heterocycles. The topological polar surface area (TPSA) is 9.86 Å². The fourth-order valence-corrected chi connectivity index (χ4v) is 0.934. The summed E-state index contributed by atoms with van der Waals surface area (Å²) in [6.07, 6.45) is 7.65. The third-order valence-corrected chi connectivity index (χ3v) is 1.52. The Morgan fingerprint density at radius 1 is 0.583 bits per heavy atom. The van der Waals surface area contributed by atoms with Gasteiger partial charge in [-0.15, -0.1) is 0 Å². The summed E-state index contributed by atoms with van der Waals surface area (Å²) in [6, 6.07) is 13.7. The summed E-state index contributed by atoms with van der Waals surface area (Å²) >= 11 is 0. The fourth-order valence-electron chi connectivity index (χ4n) is 0.934. The van der Waals surface area contributed by atoms with E-state index in [4.69, 9.17) is 0 Å². The predicted molar refractivity (Wildman–Crippen MR) is 47.4 cm³/mol. The Morgan fingerprint density at radius 2 is 0.917 bits per heavy atom. The highest BCUT2D eigenvalue weighted by atomic mass is 14.9. The van der Waals surface area contributed by atoms with Crippen molar-refractivity contribution >= 4 is 0 Å². The van der Waals surface area contributed by atoms with Gasteiger partial charge < -0.3 is 0 Å². The molecule has 0 amide bonds. The van der Waals surface area contributed by atoms with Gasteiger partial charge in [0.2, 0.25) is 0 Å². The smallest absolute Gasteiger partial charge is 0.0402 e. The quantitative estimate of drug-likeness (QED) is 0.513. The van der Waals surface area contributed by atoms with Crippen molar-refractivity contribution in [1.29, 1.82) is 0 Å². The van der Waals surface area contributed by atoms with Crippen LogP contribution in [0.15, 0.2) is 49.1 Å². The minimum Gasteiger partial charge on any atom is -0.283 e. The Hall–Kier alpha value is -1.88. The molecule has 0 atom stereocenters. The fraction of sp³-hybridized carbons (Fsp3) is 0. The van der Waals surface area contributed by atoms with E-state index >= 15 is 0 Å². The van der Waals surface area contributed by atoms with E-state index in [2.05, 4.69) is 12.1 Å². The lowest BCUT2D eigenvalue weighted by molar-refractivity contribution is 1.10. The van der Waals surface area contributed by atoms with E-state index < -0.39 is 0 Å². The SMILES string of the molecule is C(#Cn1cccc1)n1cccc1. The van der Waals surface area contributed by atoms with Crippen LogP contribution in [0.1, 0.15) is 0 Å². The second kappa shape index (κ2) is 3.02. The Labute approximate surface area is 71.1 Å². The first-order valence-electron chi connectivity index (χ1n) is 3.73. The Kier molecular flexibility index (Phi) is 1.71. The third-order valence-electron chi connectivity index (χ3n) is 1.52. The van der Waals surface area contributed by atoms with Crippen LogP contribution in [0, 0.1) is 12.1 Å². The molecule has 2 nitrogen and oxygen atoms in total. The van der Waals surface area contributed by atoms with Gasteiger partial charge in [-0.05, 0) is 24.3 Å². The average molecular weight is 156 g/mol. The van der Waals surface area contributed by atoms with Gasteiger partial charge in [0.1, 0.15) is 0 Å². The summed E-state index contributed by atoms with van der Waals surface area (Å²) in [5.74, 6) is 0. The van der Waals surface area contributed by atoms with Crippen molar-refractivity contribution in [2.45, 2.75) is 0 Å². The minimum absolute atomic E-state index is 1.82. The number of hydrogen-bond acceptors (Lipinski definition) is 0. The standard InChI is InChI=1S/C10H8N2/c1-2-6-11(5-1)9-10-12-7-3-4-8-12/h1-8H. The van der Waals surface area contributed by atoms with E-state index in [1.807, 2.05) is 58.2 Å². The maximum absolute atomic E-state index is 2.96. The monoisotopic (exact) mass is 156 g/mol. The molecule has 0 aliphatic heterocycles. The Morgan fingerprint density at radius 3 is 1.25 bits per heavy atom. The molecule has 0 bridgehead atoms. The van der Waals surface area contributed by atoms with Gasteiger partial charge in [-0.3, -0.25) is 9.13 Å². The molecule has 2 aromatic rings. The van der Waals surface area contributed by atoms with Crippen molar-refractivity contribution < 1.29 is 0 Å². The van der Waals surface area contributed by atoms with E-state index in [0.29, 0.717) is 0 Å². The second-order valence-electron chi connectivity index (χ2n) is 2.40. The highest BCUT2D eigenvalue weighted by Gasteiger charge is 1.79. The third kappa shape index (κ3) is 1.40. The lowest BCUT2D eigenvalue weighted by atomic mass is 10.7. The van der Waals surface area contributed by atoms with Gasteiger partial charge in [-0.1, -0.05) is 0 Å². The first-order chi connectivity index (χ1) is 5.95. The second-order valence-corrected chi connectivity index (χ2v) is 2.40. The average Bonchev–Trinajstić information content (AvgIpc) is 2.74. The molecule has 0 aromatic carbocycles.